The van der Waals surface area contributed by atoms with Gasteiger partial charge in [-0.25, -0.2) is 8.42 Å². The van der Waals surface area contributed by atoms with Crippen LogP contribution >= 0.6 is 0 Å². The van der Waals surface area contributed by atoms with E-state index in [1.807, 2.05) is 12.1 Å². The minimum atomic E-state index is -4.76. The molecule has 0 atom stereocenters. The third-order valence-electron chi connectivity index (χ3n) is 8.84. The van der Waals surface area contributed by atoms with Gasteiger partial charge in [0, 0.05) is 23.3 Å². The molecule has 0 aliphatic carbocycles. The number of para-hydroxylation sites is 2. The number of ether oxygens (including phenoxy) is 2. The molecule has 10 nitrogen and oxygen atoms in total. The van der Waals surface area contributed by atoms with Crippen molar-refractivity contribution in [3.63, 3.8) is 0 Å². The van der Waals surface area contributed by atoms with E-state index < -0.39 is 30.9 Å². The Morgan fingerprint density at radius 3 is 1.38 bits per heavy atom. The van der Waals surface area contributed by atoms with Gasteiger partial charge in [-0.1, -0.05) is 133 Å². The maximum atomic E-state index is 11.9. The van der Waals surface area contributed by atoms with Gasteiger partial charge in [0.05, 0.1) is 4.90 Å². The molecule has 4 aromatic carbocycles. The molecule has 0 amide bonds. The van der Waals surface area contributed by atoms with Gasteiger partial charge in [-0.3, -0.25) is 4.55 Å². The van der Waals surface area contributed by atoms with E-state index in [1.165, 1.54) is 57.1 Å². The van der Waals surface area contributed by atoms with Crippen LogP contribution in [0.5, 0.6) is 34.5 Å². The first-order valence-corrected chi connectivity index (χ1v) is 21.8. The van der Waals surface area contributed by atoms with E-state index >= 15 is 0 Å². The molecule has 0 aliphatic rings. The molecule has 4 aromatic rings. The largest absolute Gasteiger partial charge is 2.00 e. The molecule has 0 aliphatic heterocycles. The van der Waals surface area contributed by atoms with Crippen molar-refractivity contribution in [2.45, 2.75) is 126 Å². The van der Waals surface area contributed by atoms with Gasteiger partial charge in [0.2, 0.25) is 0 Å². The summed E-state index contributed by atoms with van der Waals surface area (Å²) in [6, 6.07) is 22.3. The molecular weight excluding hydrogens is 769 g/mol. The number of hydrogen-bond acceptors (Lipinski definition) is 9. The molecule has 0 fully saturated rings. The van der Waals surface area contributed by atoms with Crippen molar-refractivity contribution >= 4 is 58.0 Å². The van der Waals surface area contributed by atoms with E-state index in [9.17, 15) is 36.2 Å². The van der Waals surface area contributed by atoms with Crippen LogP contribution in [0.15, 0.2) is 94.7 Å². The molecule has 55 heavy (non-hydrogen) atoms. The maximum absolute atomic E-state index is 11.9. The summed E-state index contributed by atoms with van der Waals surface area (Å²) in [6.07, 6.45) is 16.0. The number of unbranched alkanes of at least 4 members (excludes halogenated alkanes) is 12. The number of phenolic OH excluding ortho intramolecular Hbond substituents is 1. The standard InChI is InChI=1S/2C21H28O5S.Ca/c2*1-2-3-4-5-6-7-11-14-19-20(26-18-12-9-8-10-13-18)15-17(22)16-21(19)27(23,24)25;/h2*8-10,12-13,15-16,22H,2-7,11,14H2,1H3,(H,23,24,25);/q;;+2/p-2. The normalized spacial score (nSPS) is 11.3. The summed E-state index contributed by atoms with van der Waals surface area (Å²) >= 11 is 0. The van der Waals surface area contributed by atoms with Crippen LogP contribution in [-0.2, 0) is 33.1 Å². The first kappa shape index (κ1) is 48.3. The third-order valence-corrected chi connectivity index (χ3v) is 10.7. The summed E-state index contributed by atoms with van der Waals surface area (Å²) in [7, 11) is -9.22. The van der Waals surface area contributed by atoms with E-state index in [2.05, 4.69) is 13.8 Å². The Labute approximate surface area is 357 Å². The summed E-state index contributed by atoms with van der Waals surface area (Å²) < 4.78 is 79.7. The van der Waals surface area contributed by atoms with Crippen molar-refractivity contribution in [2.24, 2.45) is 0 Å². The molecule has 0 spiro atoms. The molecule has 0 bridgehead atoms. The van der Waals surface area contributed by atoms with Crippen LogP contribution in [0.25, 0.3) is 0 Å². The minimum absolute atomic E-state index is 0. The van der Waals surface area contributed by atoms with Crippen LogP contribution < -0.4 is 14.6 Å². The van der Waals surface area contributed by atoms with Crippen molar-refractivity contribution in [3.05, 3.63) is 96.1 Å². The smallest absolute Gasteiger partial charge is 0.872 e. The predicted molar refractivity (Wildman–Crippen MR) is 214 cm³/mol. The SMILES string of the molecule is CCCCCCCCCc1c(Oc2ccccc2)cc(O)cc1S(=O)(=O)O.CCCCCCCCCc1c(Oc2ccccc2)cc([O-])cc1S(=O)(=O)[O-].[Ca+2]. The zero-order valence-corrected chi connectivity index (χ0v) is 35.9. The fourth-order valence-corrected chi connectivity index (χ4v) is 7.63. The zero-order valence-electron chi connectivity index (χ0n) is 32.1. The summed E-state index contributed by atoms with van der Waals surface area (Å²) in [6.45, 7) is 4.34. The van der Waals surface area contributed by atoms with E-state index in [0.717, 1.165) is 57.1 Å². The molecule has 296 valence electrons. The Balaban J connectivity index is 0.000000373. The number of aromatic hydroxyl groups is 1. The predicted octanol–water partition coefficient (Wildman–Crippen LogP) is 10.1. The van der Waals surface area contributed by atoms with Gasteiger partial charge in [-0.05, 0) is 56.0 Å². The van der Waals surface area contributed by atoms with Gasteiger partial charge >= 0.3 is 37.7 Å². The van der Waals surface area contributed by atoms with Crippen molar-refractivity contribution in [1.82, 2.24) is 0 Å². The maximum Gasteiger partial charge on any atom is 2.00 e. The van der Waals surface area contributed by atoms with E-state index in [1.54, 1.807) is 48.5 Å². The first-order chi connectivity index (χ1) is 25.8. The van der Waals surface area contributed by atoms with Crippen LogP contribution in [0.4, 0.5) is 0 Å². The topological polar surface area (TPSA) is 173 Å². The van der Waals surface area contributed by atoms with Crippen LogP contribution in [0.1, 0.15) is 115 Å². The molecule has 0 aromatic heterocycles. The summed E-state index contributed by atoms with van der Waals surface area (Å²) in [4.78, 5) is -0.758. The van der Waals surface area contributed by atoms with Crippen LogP contribution in [0.3, 0.4) is 0 Å². The van der Waals surface area contributed by atoms with Gasteiger partial charge in [-0.2, -0.15) is 8.42 Å². The number of benzene rings is 4. The second kappa shape index (κ2) is 25.4. The van der Waals surface area contributed by atoms with Gasteiger partial charge in [0.25, 0.3) is 10.1 Å². The fraction of sp³-hybridized carbons (Fsp3) is 0.429. The molecule has 13 heteroatoms. The van der Waals surface area contributed by atoms with Crippen molar-refractivity contribution < 1.29 is 45.6 Å². The quantitative estimate of drug-likeness (QED) is 0.0441. The van der Waals surface area contributed by atoms with Crippen LogP contribution in [0.2, 0.25) is 0 Å². The Bertz CT molecular complexity index is 1780. The molecule has 2 N–H and O–H groups in total. The van der Waals surface area contributed by atoms with Gasteiger partial charge < -0.3 is 24.2 Å². The summed E-state index contributed by atoms with van der Waals surface area (Å²) in [5.41, 5.74) is 0.690. The molecule has 0 saturated heterocycles. The molecule has 0 radical (unpaired) electrons. The third kappa shape index (κ3) is 17.9. The van der Waals surface area contributed by atoms with Gasteiger partial charge in [0.1, 0.15) is 43.8 Å². The second-order valence-electron chi connectivity index (χ2n) is 13.3. The molecule has 0 unspecified atom stereocenters. The Morgan fingerprint density at radius 1 is 0.564 bits per heavy atom. The number of rotatable bonds is 22. The van der Waals surface area contributed by atoms with Crippen LogP contribution in [0, 0.1) is 0 Å². The summed E-state index contributed by atoms with van der Waals surface area (Å²) in [5.74, 6) is 0.591. The molecule has 0 saturated carbocycles. The number of hydrogen-bond donors (Lipinski definition) is 2. The van der Waals surface area contributed by atoms with E-state index in [0.29, 0.717) is 35.5 Å². The van der Waals surface area contributed by atoms with Crippen LogP contribution in [-0.4, -0.2) is 68.8 Å². The molecule has 0 heterocycles. The average Bonchev–Trinajstić information content (AvgIpc) is 3.12. The Hall–Kier alpha value is -2.84. The van der Waals surface area contributed by atoms with Gasteiger partial charge in [-0.15, -0.1) is 5.75 Å². The zero-order chi connectivity index (χ0) is 39.4. The number of phenols is 1. The van der Waals surface area contributed by atoms with Crippen molar-refractivity contribution in [1.29, 1.82) is 0 Å². The minimum Gasteiger partial charge on any atom is -0.872 e. The fourth-order valence-electron chi connectivity index (χ4n) is 6.08. The first-order valence-electron chi connectivity index (χ1n) is 18.9. The van der Waals surface area contributed by atoms with E-state index in [4.69, 9.17) is 9.47 Å². The Morgan fingerprint density at radius 2 is 0.964 bits per heavy atom. The average molecular weight is 823 g/mol. The monoisotopic (exact) mass is 822 g/mol. The summed E-state index contributed by atoms with van der Waals surface area (Å²) in [5, 5.41) is 21.8. The molecule has 4 rings (SSSR count). The Kier molecular flexibility index (Phi) is 22.3. The molecular formula is C42H54CaO10S2. The van der Waals surface area contributed by atoms with Crippen molar-refractivity contribution in [3.8, 4) is 34.5 Å². The van der Waals surface area contributed by atoms with Gasteiger partial charge in [0.15, 0.2) is 0 Å². The van der Waals surface area contributed by atoms with Crippen molar-refractivity contribution in [2.75, 3.05) is 0 Å². The van der Waals surface area contributed by atoms with E-state index in [-0.39, 0.29) is 59.9 Å². The second-order valence-corrected chi connectivity index (χ2v) is 16.1.